The van der Waals surface area contributed by atoms with Crippen LogP contribution in [0.25, 0.3) is 0 Å². The lowest BCUT2D eigenvalue weighted by Crippen LogP contribution is -2.48. The SMILES string of the molecule is O=C(c1ccc(=O)n(Cc2ccccc2)n1)N1CCC[C@@H]2COC[C@@H]21. The third-order valence-corrected chi connectivity index (χ3v) is 5.06. The van der Waals surface area contributed by atoms with Crippen LogP contribution in [0.4, 0.5) is 0 Å². The summed E-state index contributed by atoms with van der Waals surface area (Å²) >= 11 is 0. The van der Waals surface area contributed by atoms with E-state index in [4.69, 9.17) is 4.74 Å². The van der Waals surface area contributed by atoms with Gasteiger partial charge in [0.1, 0.15) is 5.69 Å². The summed E-state index contributed by atoms with van der Waals surface area (Å²) in [6.45, 7) is 2.41. The topological polar surface area (TPSA) is 64.4 Å². The number of piperidine rings is 1. The number of likely N-dealkylation sites (tertiary alicyclic amines) is 1. The summed E-state index contributed by atoms with van der Waals surface area (Å²) in [6, 6.07) is 12.7. The summed E-state index contributed by atoms with van der Waals surface area (Å²) < 4.78 is 6.92. The van der Waals surface area contributed by atoms with E-state index >= 15 is 0 Å². The molecule has 0 aliphatic carbocycles. The molecule has 1 aromatic heterocycles. The lowest BCUT2D eigenvalue weighted by Gasteiger charge is -2.36. The number of benzene rings is 1. The Morgan fingerprint density at radius 3 is 2.84 bits per heavy atom. The van der Waals surface area contributed by atoms with Gasteiger partial charge in [0.15, 0.2) is 0 Å². The third-order valence-electron chi connectivity index (χ3n) is 5.06. The molecule has 1 amide bonds. The maximum absolute atomic E-state index is 13.0. The van der Waals surface area contributed by atoms with Crippen molar-refractivity contribution in [2.75, 3.05) is 19.8 Å². The molecule has 6 heteroatoms. The molecular weight excluding hydrogens is 318 g/mol. The highest BCUT2D eigenvalue weighted by molar-refractivity contribution is 5.92. The summed E-state index contributed by atoms with van der Waals surface area (Å²) in [4.78, 5) is 26.9. The first-order chi connectivity index (χ1) is 12.2. The predicted octanol–water partition coefficient (Wildman–Crippen LogP) is 1.54. The van der Waals surface area contributed by atoms with Crippen LogP contribution in [0.2, 0.25) is 0 Å². The Hall–Kier alpha value is -2.47. The molecular formula is C19H21N3O3. The Morgan fingerprint density at radius 2 is 2.00 bits per heavy atom. The molecule has 2 aromatic rings. The molecule has 3 heterocycles. The highest BCUT2D eigenvalue weighted by Gasteiger charge is 2.39. The molecule has 0 bridgehead atoms. The predicted molar refractivity (Wildman–Crippen MR) is 92.4 cm³/mol. The fraction of sp³-hybridized carbons (Fsp3) is 0.421. The largest absolute Gasteiger partial charge is 0.379 e. The van der Waals surface area contributed by atoms with Crippen LogP contribution < -0.4 is 5.56 Å². The van der Waals surface area contributed by atoms with Crippen LogP contribution in [0, 0.1) is 5.92 Å². The van der Waals surface area contributed by atoms with Crippen LogP contribution in [0.15, 0.2) is 47.3 Å². The van der Waals surface area contributed by atoms with Crippen molar-refractivity contribution in [2.45, 2.75) is 25.4 Å². The highest BCUT2D eigenvalue weighted by atomic mass is 16.5. The van der Waals surface area contributed by atoms with Crippen molar-refractivity contribution in [2.24, 2.45) is 5.92 Å². The van der Waals surface area contributed by atoms with Crippen molar-refractivity contribution in [3.8, 4) is 0 Å². The number of nitrogens with zero attached hydrogens (tertiary/aromatic N) is 3. The zero-order chi connectivity index (χ0) is 17.2. The third kappa shape index (κ3) is 3.22. The van der Waals surface area contributed by atoms with Crippen LogP contribution in [0.3, 0.4) is 0 Å². The fourth-order valence-corrected chi connectivity index (χ4v) is 3.73. The Morgan fingerprint density at radius 1 is 1.16 bits per heavy atom. The van der Waals surface area contributed by atoms with Crippen LogP contribution in [0.5, 0.6) is 0 Å². The molecule has 130 valence electrons. The van der Waals surface area contributed by atoms with E-state index in [1.165, 1.54) is 16.8 Å². The number of amides is 1. The van der Waals surface area contributed by atoms with Gasteiger partial charge in [-0.15, -0.1) is 0 Å². The Kier molecular flexibility index (Phi) is 4.36. The standard InChI is InChI=1S/C19H21N3O3/c23-18-9-8-16(20-22(18)11-14-5-2-1-3-6-14)19(24)21-10-4-7-15-12-25-13-17(15)21/h1-3,5-6,8-9,15,17H,4,7,10-13H2/t15-,17+/m1/s1. The van der Waals surface area contributed by atoms with E-state index in [2.05, 4.69) is 5.10 Å². The number of rotatable bonds is 3. The molecule has 0 unspecified atom stereocenters. The first-order valence-corrected chi connectivity index (χ1v) is 8.73. The normalized spacial score (nSPS) is 22.6. The number of carbonyl (C=O) groups is 1. The van der Waals surface area contributed by atoms with Crippen molar-refractivity contribution in [3.63, 3.8) is 0 Å². The molecule has 0 N–H and O–H groups in total. The lowest BCUT2D eigenvalue weighted by atomic mass is 9.92. The van der Waals surface area contributed by atoms with Crippen molar-refractivity contribution >= 4 is 5.91 Å². The van der Waals surface area contributed by atoms with Crippen LogP contribution in [0.1, 0.15) is 28.9 Å². The molecule has 2 saturated heterocycles. The van der Waals surface area contributed by atoms with Crippen LogP contribution in [-0.2, 0) is 11.3 Å². The van der Waals surface area contributed by atoms with E-state index in [0.29, 0.717) is 24.8 Å². The molecule has 0 saturated carbocycles. The number of aromatic nitrogens is 2. The molecule has 2 aliphatic rings. The van der Waals surface area contributed by atoms with E-state index in [1.54, 1.807) is 0 Å². The molecule has 25 heavy (non-hydrogen) atoms. The average molecular weight is 339 g/mol. The van der Waals surface area contributed by atoms with E-state index < -0.39 is 0 Å². The van der Waals surface area contributed by atoms with Crippen LogP contribution in [-0.4, -0.2) is 46.4 Å². The summed E-state index contributed by atoms with van der Waals surface area (Å²) in [6.07, 6.45) is 2.09. The maximum atomic E-state index is 13.0. The Labute approximate surface area is 146 Å². The molecule has 1 aromatic carbocycles. The smallest absolute Gasteiger partial charge is 0.274 e. The van der Waals surface area contributed by atoms with Gasteiger partial charge in [0, 0.05) is 18.5 Å². The number of hydrogen-bond donors (Lipinski definition) is 0. The minimum absolute atomic E-state index is 0.109. The number of hydrogen-bond acceptors (Lipinski definition) is 4. The first kappa shape index (κ1) is 16.0. The fourth-order valence-electron chi connectivity index (χ4n) is 3.73. The second-order valence-electron chi connectivity index (χ2n) is 6.71. The van der Waals surface area contributed by atoms with Gasteiger partial charge in [-0.1, -0.05) is 30.3 Å². The summed E-state index contributed by atoms with van der Waals surface area (Å²) in [5.74, 6) is 0.315. The minimum Gasteiger partial charge on any atom is -0.379 e. The molecule has 2 atom stereocenters. The van der Waals surface area contributed by atoms with Gasteiger partial charge < -0.3 is 9.64 Å². The van der Waals surface area contributed by atoms with Crippen LogP contribution >= 0.6 is 0 Å². The lowest BCUT2D eigenvalue weighted by molar-refractivity contribution is 0.0550. The van der Waals surface area contributed by atoms with Crippen molar-refractivity contribution in [3.05, 3.63) is 64.1 Å². The highest BCUT2D eigenvalue weighted by Crippen LogP contribution is 2.29. The maximum Gasteiger partial charge on any atom is 0.274 e. The summed E-state index contributed by atoms with van der Waals surface area (Å²) in [5.41, 5.74) is 1.09. The zero-order valence-corrected chi connectivity index (χ0v) is 14.0. The van der Waals surface area contributed by atoms with Gasteiger partial charge >= 0.3 is 0 Å². The van der Waals surface area contributed by atoms with Gasteiger partial charge in [-0.2, -0.15) is 5.10 Å². The van der Waals surface area contributed by atoms with Gasteiger partial charge in [-0.25, -0.2) is 4.68 Å². The van der Waals surface area contributed by atoms with E-state index in [-0.39, 0.29) is 17.5 Å². The Balaban J connectivity index is 1.59. The minimum atomic E-state index is -0.207. The zero-order valence-electron chi connectivity index (χ0n) is 14.0. The average Bonchev–Trinajstić information content (AvgIpc) is 3.12. The summed E-state index contributed by atoms with van der Waals surface area (Å²) in [5, 5.41) is 4.33. The van der Waals surface area contributed by atoms with Gasteiger partial charge in [0.25, 0.3) is 11.5 Å². The van der Waals surface area contributed by atoms with Gasteiger partial charge in [0.2, 0.25) is 0 Å². The Bertz CT molecular complexity index is 818. The monoisotopic (exact) mass is 339 g/mol. The van der Waals surface area contributed by atoms with Gasteiger partial charge in [-0.05, 0) is 24.5 Å². The number of ether oxygens (including phenoxy) is 1. The van der Waals surface area contributed by atoms with Crippen molar-refractivity contribution in [1.29, 1.82) is 0 Å². The molecule has 0 radical (unpaired) electrons. The molecule has 0 spiro atoms. The van der Waals surface area contributed by atoms with E-state index in [9.17, 15) is 9.59 Å². The second kappa shape index (κ2) is 6.80. The second-order valence-corrected chi connectivity index (χ2v) is 6.71. The van der Waals surface area contributed by atoms with E-state index in [1.807, 2.05) is 35.2 Å². The van der Waals surface area contributed by atoms with Crippen molar-refractivity contribution < 1.29 is 9.53 Å². The first-order valence-electron chi connectivity index (χ1n) is 8.73. The van der Waals surface area contributed by atoms with Gasteiger partial charge in [0.05, 0.1) is 25.8 Å². The molecule has 4 rings (SSSR count). The number of fused-ring (bicyclic) bond motifs is 1. The van der Waals surface area contributed by atoms with Gasteiger partial charge in [-0.3, -0.25) is 9.59 Å². The molecule has 6 nitrogen and oxygen atoms in total. The van der Waals surface area contributed by atoms with E-state index in [0.717, 1.165) is 31.6 Å². The molecule has 2 aliphatic heterocycles. The quantitative estimate of drug-likeness (QED) is 0.851. The molecule has 2 fully saturated rings. The number of carbonyl (C=O) groups excluding carboxylic acids is 1. The van der Waals surface area contributed by atoms with Crippen molar-refractivity contribution in [1.82, 2.24) is 14.7 Å². The summed E-state index contributed by atoms with van der Waals surface area (Å²) in [7, 11) is 0.